The second kappa shape index (κ2) is 5.78. The van der Waals surface area contributed by atoms with Gasteiger partial charge in [0.1, 0.15) is 4.47 Å². The van der Waals surface area contributed by atoms with Crippen molar-refractivity contribution in [2.45, 2.75) is 46.2 Å². The fourth-order valence-corrected chi connectivity index (χ4v) is 1.68. The van der Waals surface area contributed by atoms with Gasteiger partial charge in [-0.3, -0.25) is 9.36 Å². The normalized spacial score (nSPS) is 11.8. The summed E-state index contributed by atoms with van der Waals surface area (Å²) in [5, 5.41) is 3.42. The minimum absolute atomic E-state index is 0.0198. The zero-order valence-electron chi connectivity index (χ0n) is 10.9. The van der Waals surface area contributed by atoms with Crippen LogP contribution < -0.4 is 10.9 Å². The first-order chi connectivity index (χ1) is 7.87. The van der Waals surface area contributed by atoms with E-state index in [1.54, 1.807) is 10.9 Å². The molecule has 0 saturated heterocycles. The third-order valence-electron chi connectivity index (χ3n) is 3.00. The summed E-state index contributed by atoms with van der Waals surface area (Å²) in [6.45, 7) is 9.65. The van der Waals surface area contributed by atoms with Crippen molar-refractivity contribution in [1.29, 1.82) is 0 Å². The molecule has 0 fully saturated rings. The smallest absolute Gasteiger partial charge is 0.267 e. The number of halogens is 1. The van der Waals surface area contributed by atoms with Crippen LogP contribution in [0, 0.1) is 6.92 Å². The third-order valence-corrected chi connectivity index (χ3v) is 3.91. The zero-order valence-corrected chi connectivity index (χ0v) is 12.5. The van der Waals surface area contributed by atoms with E-state index in [0.29, 0.717) is 11.0 Å². The number of hydrogen-bond donors (Lipinski definition) is 1. The molecule has 0 radical (unpaired) electrons. The van der Waals surface area contributed by atoms with E-state index in [1.165, 1.54) is 0 Å². The summed E-state index contributed by atoms with van der Waals surface area (Å²) in [4.78, 5) is 16.0. The summed E-state index contributed by atoms with van der Waals surface area (Å²) in [6, 6.07) is 0. The average molecular weight is 302 g/mol. The summed E-state index contributed by atoms with van der Waals surface area (Å²) in [5.41, 5.74) is 0.820. The maximum atomic E-state index is 11.9. The highest BCUT2D eigenvalue weighted by Gasteiger charge is 2.13. The second-order valence-corrected chi connectivity index (χ2v) is 5.60. The Balaban J connectivity index is 2.65. The molecule has 1 aromatic rings. The molecule has 4 nitrogen and oxygen atoms in total. The predicted octanol–water partition coefficient (Wildman–Crippen LogP) is 2.09. The van der Waals surface area contributed by atoms with Gasteiger partial charge in [-0.1, -0.05) is 6.92 Å². The molecule has 1 rings (SSSR count). The summed E-state index contributed by atoms with van der Waals surface area (Å²) in [5.74, 6) is 0. The van der Waals surface area contributed by atoms with Crippen LogP contribution in [0.4, 0.5) is 0 Å². The van der Waals surface area contributed by atoms with Gasteiger partial charge in [-0.2, -0.15) is 0 Å². The van der Waals surface area contributed by atoms with Crippen molar-refractivity contribution in [1.82, 2.24) is 14.9 Å². The Bertz CT molecular complexity index is 440. The van der Waals surface area contributed by atoms with E-state index in [-0.39, 0.29) is 11.1 Å². The molecule has 1 aromatic heterocycles. The molecule has 0 atom stereocenters. The van der Waals surface area contributed by atoms with Crippen LogP contribution in [0.1, 0.15) is 32.9 Å². The standard InChI is InChI=1S/C12H20BrN3O/c1-5-12(3,4)15-6-7-16-8-14-9(2)10(13)11(16)17/h8,15H,5-7H2,1-4H3. The van der Waals surface area contributed by atoms with Crippen LogP contribution in [0.25, 0.3) is 0 Å². The Hall–Kier alpha value is -0.680. The number of nitrogens with zero attached hydrogens (tertiary/aromatic N) is 2. The average Bonchev–Trinajstić information content (AvgIpc) is 2.29. The molecular formula is C12H20BrN3O. The van der Waals surface area contributed by atoms with Crippen LogP contribution in [0.3, 0.4) is 0 Å². The number of hydrogen-bond acceptors (Lipinski definition) is 3. The quantitative estimate of drug-likeness (QED) is 0.906. The monoisotopic (exact) mass is 301 g/mol. The molecule has 96 valence electrons. The fourth-order valence-electron chi connectivity index (χ4n) is 1.35. The number of aryl methyl sites for hydroxylation is 1. The van der Waals surface area contributed by atoms with Gasteiger partial charge in [0, 0.05) is 18.6 Å². The second-order valence-electron chi connectivity index (χ2n) is 4.81. The number of aromatic nitrogens is 2. The first-order valence-electron chi connectivity index (χ1n) is 5.84. The first-order valence-corrected chi connectivity index (χ1v) is 6.63. The van der Waals surface area contributed by atoms with Crippen LogP contribution >= 0.6 is 15.9 Å². The first kappa shape index (κ1) is 14.4. The van der Waals surface area contributed by atoms with Crippen LogP contribution in [0.15, 0.2) is 15.6 Å². The van der Waals surface area contributed by atoms with Gasteiger partial charge in [0.25, 0.3) is 5.56 Å². The van der Waals surface area contributed by atoms with Gasteiger partial charge in [0.2, 0.25) is 0 Å². The Kier molecular flexibility index (Phi) is 4.89. The predicted molar refractivity (Wildman–Crippen MR) is 73.3 cm³/mol. The molecule has 0 aliphatic rings. The molecule has 0 aromatic carbocycles. The maximum Gasteiger partial charge on any atom is 0.267 e. The summed E-state index contributed by atoms with van der Waals surface area (Å²) < 4.78 is 2.17. The third kappa shape index (κ3) is 3.92. The lowest BCUT2D eigenvalue weighted by atomic mass is 10.0. The van der Waals surface area contributed by atoms with Crippen molar-refractivity contribution < 1.29 is 0 Å². The Morgan fingerprint density at radius 1 is 1.53 bits per heavy atom. The van der Waals surface area contributed by atoms with E-state index >= 15 is 0 Å². The molecule has 1 N–H and O–H groups in total. The SMILES string of the molecule is CCC(C)(C)NCCn1cnc(C)c(Br)c1=O. The lowest BCUT2D eigenvalue weighted by Gasteiger charge is -2.24. The highest BCUT2D eigenvalue weighted by Crippen LogP contribution is 2.07. The van der Waals surface area contributed by atoms with E-state index in [4.69, 9.17) is 0 Å². The van der Waals surface area contributed by atoms with Crippen molar-refractivity contribution in [2.24, 2.45) is 0 Å². The van der Waals surface area contributed by atoms with Gasteiger partial charge in [-0.15, -0.1) is 0 Å². The minimum atomic E-state index is -0.0198. The van der Waals surface area contributed by atoms with Crippen molar-refractivity contribution in [3.8, 4) is 0 Å². The van der Waals surface area contributed by atoms with Gasteiger partial charge in [-0.05, 0) is 43.1 Å². The molecule has 17 heavy (non-hydrogen) atoms. The Labute approximate surface area is 111 Å². The zero-order chi connectivity index (χ0) is 13.1. The summed E-state index contributed by atoms with van der Waals surface area (Å²) in [6.07, 6.45) is 2.65. The van der Waals surface area contributed by atoms with E-state index in [0.717, 1.165) is 18.7 Å². The van der Waals surface area contributed by atoms with E-state index < -0.39 is 0 Å². The summed E-state index contributed by atoms with van der Waals surface area (Å²) >= 11 is 3.26. The maximum absolute atomic E-state index is 11.9. The van der Waals surface area contributed by atoms with Gasteiger partial charge in [0.15, 0.2) is 0 Å². The highest BCUT2D eigenvalue weighted by molar-refractivity contribution is 9.10. The highest BCUT2D eigenvalue weighted by atomic mass is 79.9. The van der Waals surface area contributed by atoms with Gasteiger partial charge in [-0.25, -0.2) is 4.98 Å². The van der Waals surface area contributed by atoms with E-state index in [2.05, 4.69) is 47.0 Å². The fraction of sp³-hybridized carbons (Fsp3) is 0.667. The van der Waals surface area contributed by atoms with Crippen LogP contribution in [-0.4, -0.2) is 21.6 Å². The summed E-state index contributed by atoms with van der Waals surface area (Å²) in [7, 11) is 0. The lowest BCUT2D eigenvalue weighted by molar-refractivity contribution is 0.366. The van der Waals surface area contributed by atoms with Gasteiger partial charge < -0.3 is 5.32 Å². The topological polar surface area (TPSA) is 46.9 Å². The molecule has 0 unspecified atom stereocenters. The van der Waals surface area contributed by atoms with Crippen LogP contribution in [0.5, 0.6) is 0 Å². The van der Waals surface area contributed by atoms with Crippen molar-refractivity contribution in [3.05, 3.63) is 26.8 Å². The van der Waals surface area contributed by atoms with E-state index in [9.17, 15) is 4.79 Å². The molecule has 0 aliphatic carbocycles. The van der Waals surface area contributed by atoms with Crippen LogP contribution in [0.2, 0.25) is 0 Å². The van der Waals surface area contributed by atoms with E-state index in [1.807, 2.05) is 6.92 Å². The minimum Gasteiger partial charge on any atom is -0.310 e. The molecule has 5 heteroatoms. The molecule has 0 aliphatic heterocycles. The molecular weight excluding hydrogens is 282 g/mol. The lowest BCUT2D eigenvalue weighted by Crippen LogP contribution is -2.41. The number of rotatable bonds is 5. The van der Waals surface area contributed by atoms with Crippen molar-refractivity contribution in [3.63, 3.8) is 0 Å². The molecule has 0 spiro atoms. The van der Waals surface area contributed by atoms with Crippen molar-refractivity contribution in [2.75, 3.05) is 6.54 Å². The van der Waals surface area contributed by atoms with Crippen molar-refractivity contribution >= 4 is 15.9 Å². The Morgan fingerprint density at radius 2 is 2.18 bits per heavy atom. The van der Waals surface area contributed by atoms with Crippen LogP contribution in [-0.2, 0) is 6.54 Å². The van der Waals surface area contributed by atoms with Gasteiger partial charge >= 0.3 is 0 Å². The Morgan fingerprint density at radius 3 is 2.76 bits per heavy atom. The molecule has 1 heterocycles. The van der Waals surface area contributed by atoms with Gasteiger partial charge in [0.05, 0.1) is 12.0 Å². The number of nitrogens with one attached hydrogen (secondary N) is 1. The molecule has 0 bridgehead atoms. The molecule has 0 saturated carbocycles. The molecule has 0 amide bonds. The largest absolute Gasteiger partial charge is 0.310 e.